The van der Waals surface area contributed by atoms with Gasteiger partial charge in [0.25, 0.3) is 5.69 Å². The van der Waals surface area contributed by atoms with E-state index in [9.17, 15) is 18.5 Å². The summed E-state index contributed by atoms with van der Waals surface area (Å²) >= 11 is 0. The minimum Gasteiger partial charge on any atom is -0.315 e. The van der Waals surface area contributed by atoms with E-state index in [0.29, 0.717) is 19.0 Å². The predicted molar refractivity (Wildman–Crippen MR) is 76.4 cm³/mol. The van der Waals surface area contributed by atoms with E-state index in [2.05, 4.69) is 5.32 Å². The Morgan fingerprint density at radius 1 is 1.24 bits per heavy atom. The number of piperidine rings is 1. The quantitative estimate of drug-likeness (QED) is 0.663. The molecule has 2 unspecified atom stereocenters. The summed E-state index contributed by atoms with van der Waals surface area (Å²) in [6.45, 7) is 2.14. The Morgan fingerprint density at radius 2 is 1.95 bits per heavy atom. The van der Waals surface area contributed by atoms with Crippen molar-refractivity contribution in [3.8, 4) is 0 Å². The third-order valence-electron chi connectivity index (χ3n) is 4.33. The number of nitrogens with one attached hydrogen (secondary N) is 1. The molecule has 0 bridgehead atoms. The van der Waals surface area contributed by atoms with E-state index in [1.807, 2.05) is 0 Å². The van der Waals surface area contributed by atoms with Crippen molar-refractivity contribution in [3.63, 3.8) is 0 Å². The number of rotatable bonds is 3. The van der Waals surface area contributed by atoms with Crippen molar-refractivity contribution in [1.29, 1.82) is 0 Å². The van der Waals surface area contributed by atoms with Crippen LogP contribution in [0.4, 0.5) is 5.69 Å². The average molecular weight is 311 g/mol. The summed E-state index contributed by atoms with van der Waals surface area (Å²) in [6.07, 6.45) is 1.88. The molecule has 2 aliphatic heterocycles. The van der Waals surface area contributed by atoms with Gasteiger partial charge in [0.05, 0.1) is 9.82 Å². The van der Waals surface area contributed by atoms with Crippen molar-refractivity contribution >= 4 is 15.7 Å². The number of hydrogen-bond acceptors (Lipinski definition) is 5. The molecule has 0 saturated carbocycles. The van der Waals surface area contributed by atoms with Crippen molar-refractivity contribution in [1.82, 2.24) is 9.62 Å². The second-order valence-electron chi connectivity index (χ2n) is 5.48. The second-order valence-corrected chi connectivity index (χ2v) is 7.37. The molecule has 2 atom stereocenters. The highest BCUT2D eigenvalue weighted by atomic mass is 32.2. The molecule has 8 heteroatoms. The van der Waals surface area contributed by atoms with E-state index < -0.39 is 14.9 Å². The van der Waals surface area contributed by atoms with Crippen LogP contribution in [0.15, 0.2) is 29.2 Å². The zero-order chi connectivity index (χ0) is 15.0. The molecule has 3 rings (SSSR count). The minimum absolute atomic E-state index is 0.000980. The summed E-state index contributed by atoms with van der Waals surface area (Å²) in [5, 5.41) is 13.9. The summed E-state index contributed by atoms with van der Waals surface area (Å²) in [6, 6.07) is 5.10. The molecule has 0 amide bonds. The maximum Gasteiger partial charge on any atom is 0.269 e. The number of nitrogens with zero attached hydrogens (tertiary/aromatic N) is 2. The summed E-state index contributed by atoms with van der Waals surface area (Å²) < 4.78 is 26.9. The van der Waals surface area contributed by atoms with Crippen LogP contribution < -0.4 is 5.32 Å². The van der Waals surface area contributed by atoms with Gasteiger partial charge in [-0.1, -0.05) is 0 Å². The molecule has 0 aromatic heterocycles. The molecule has 0 spiro atoms. The van der Waals surface area contributed by atoms with Crippen LogP contribution in [-0.2, 0) is 10.0 Å². The summed E-state index contributed by atoms with van der Waals surface area (Å²) in [4.78, 5) is 10.2. The van der Waals surface area contributed by atoms with E-state index in [0.717, 1.165) is 19.4 Å². The molecule has 7 nitrogen and oxygen atoms in total. The third-order valence-corrected chi connectivity index (χ3v) is 6.27. The number of hydrogen-bond donors (Lipinski definition) is 1. The zero-order valence-corrected chi connectivity index (χ0v) is 12.3. The second kappa shape index (κ2) is 5.36. The highest BCUT2D eigenvalue weighted by molar-refractivity contribution is 7.89. The lowest BCUT2D eigenvalue weighted by molar-refractivity contribution is -0.384. The molecule has 0 radical (unpaired) electrons. The van der Waals surface area contributed by atoms with Gasteiger partial charge in [0.1, 0.15) is 0 Å². The van der Waals surface area contributed by atoms with E-state index in [1.54, 1.807) is 4.31 Å². The van der Waals surface area contributed by atoms with Crippen molar-refractivity contribution in [2.24, 2.45) is 5.92 Å². The minimum atomic E-state index is -3.58. The lowest BCUT2D eigenvalue weighted by Gasteiger charge is -2.31. The first-order chi connectivity index (χ1) is 10.00. The first-order valence-corrected chi connectivity index (χ1v) is 8.41. The highest BCUT2D eigenvalue weighted by Gasteiger charge is 2.42. The fourth-order valence-electron chi connectivity index (χ4n) is 3.20. The fraction of sp³-hybridized carbons (Fsp3) is 0.538. The molecule has 2 fully saturated rings. The third kappa shape index (κ3) is 2.54. The van der Waals surface area contributed by atoms with E-state index in [-0.39, 0.29) is 16.6 Å². The number of fused-ring (bicyclic) bond motifs is 1. The van der Waals surface area contributed by atoms with Crippen LogP contribution in [0.5, 0.6) is 0 Å². The monoisotopic (exact) mass is 311 g/mol. The standard InChI is InChI=1S/C13H17N3O4S/c17-16(18)11-1-3-12(4-2-11)21(19,20)15-8-6-10-5-7-14-9-13(10)15/h1-4,10,13-14H,5-9H2. The smallest absolute Gasteiger partial charge is 0.269 e. The number of sulfonamides is 1. The Labute approximate surface area is 123 Å². The lowest BCUT2D eigenvalue weighted by Crippen LogP contribution is -2.47. The van der Waals surface area contributed by atoms with E-state index in [1.165, 1.54) is 24.3 Å². The van der Waals surface area contributed by atoms with Gasteiger partial charge in [0, 0.05) is 31.3 Å². The van der Waals surface area contributed by atoms with E-state index in [4.69, 9.17) is 0 Å². The maximum absolute atomic E-state index is 12.7. The van der Waals surface area contributed by atoms with Gasteiger partial charge in [-0.3, -0.25) is 10.1 Å². The molecule has 2 saturated heterocycles. The number of nitro groups is 1. The van der Waals surface area contributed by atoms with E-state index >= 15 is 0 Å². The SMILES string of the molecule is O=[N+]([O-])c1ccc(S(=O)(=O)N2CCC3CCNCC32)cc1. The molecular formula is C13H17N3O4S. The van der Waals surface area contributed by atoms with Gasteiger partial charge >= 0.3 is 0 Å². The molecule has 2 heterocycles. The average Bonchev–Trinajstić information content (AvgIpc) is 2.92. The van der Waals surface area contributed by atoms with Gasteiger partial charge in [-0.15, -0.1) is 0 Å². The molecule has 0 aliphatic carbocycles. The first-order valence-electron chi connectivity index (χ1n) is 6.97. The van der Waals surface area contributed by atoms with Crippen LogP contribution in [0, 0.1) is 16.0 Å². The van der Waals surface area contributed by atoms with Crippen LogP contribution in [0.2, 0.25) is 0 Å². The van der Waals surface area contributed by atoms with Crippen molar-refractivity contribution in [2.45, 2.75) is 23.8 Å². The molecule has 114 valence electrons. The van der Waals surface area contributed by atoms with Crippen LogP contribution >= 0.6 is 0 Å². The Bertz CT molecular complexity index is 644. The lowest BCUT2D eigenvalue weighted by atomic mass is 9.94. The van der Waals surface area contributed by atoms with Crippen LogP contribution in [0.25, 0.3) is 0 Å². The van der Waals surface area contributed by atoms with Gasteiger partial charge in [-0.25, -0.2) is 8.42 Å². The molecule has 1 aromatic carbocycles. The maximum atomic E-state index is 12.7. The normalized spacial score (nSPS) is 26.5. The van der Waals surface area contributed by atoms with Crippen LogP contribution in [0.3, 0.4) is 0 Å². The largest absolute Gasteiger partial charge is 0.315 e. The topological polar surface area (TPSA) is 92.5 Å². The fourth-order valence-corrected chi connectivity index (χ4v) is 4.90. The summed E-state index contributed by atoms with van der Waals surface area (Å²) in [7, 11) is -3.58. The molecule has 2 aliphatic rings. The van der Waals surface area contributed by atoms with Gasteiger partial charge in [-0.2, -0.15) is 4.31 Å². The number of nitro benzene ring substituents is 1. The molecule has 1 N–H and O–H groups in total. The van der Waals surface area contributed by atoms with Crippen molar-refractivity contribution < 1.29 is 13.3 Å². The first kappa shape index (κ1) is 14.4. The van der Waals surface area contributed by atoms with Gasteiger partial charge in [0.2, 0.25) is 10.0 Å². The highest BCUT2D eigenvalue weighted by Crippen LogP contribution is 2.33. The Morgan fingerprint density at radius 3 is 2.62 bits per heavy atom. The van der Waals surface area contributed by atoms with Crippen LogP contribution in [-0.4, -0.2) is 43.3 Å². The molecule has 1 aromatic rings. The molecular weight excluding hydrogens is 294 g/mol. The summed E-state index contributed by atoms with van der Waals surface area (Å²) in [5.41, 5.74) is -0.104. The Hall–Kier alpha value is -1.51. The Balaban J connectivity index is 1.88. The number of benzene rings is 1. The van der Waals surface area contributed by atoms with Gasteiger partial charge < -0.3 is 5.32 Å². The predicted octanol–water partition coefficient (Wildman–Crippen LogP) is 0.967. The van der Waals surface area contributed by atoms with Gasteiger partial charge in [0.15, 0.2) is 0 Å². The Kier molecular flexibility index (Phi) is 3.68. The zero-order valence-electron chi connectivity index (χ0n) is 11.4. The molecule has 21 heavy (non-hydrogen) atoms. The number of non-ortho nitro benzene ring substituents is 1. The van der Waals surface area contributed by atoms with Crippen molar-refractivity contribution in [2.75, 3.05) is 19.6 Å². The van der Waals surface area contributed by atoms with Crippen LogP contribution in [0.1, 0.15) is 12.8 Å². The van der Waals surface area contributed by atoms with Gasteiger partial charge in [-0.05, 0) is 37.4 Å². The van der Waals surface area contributed by atoms with Crippen molar-refractivity contribution in [3.05, 3.63) is 34.4 Å². The summed E-state index contributed by atoms with van der Waals surface area (Å²) in [5.74, 6) is 0.416.